The average Bonchev–Trinajstić information content (AvgIpc) is 3.34. The van der Waals surface area contributed by atoms with Crippen LogP contribution in [0.25, 0.3) is 27.7 Å². The van der Waals surface area contributed by atoms with Gasteiger partial charge in [-0.1, -0.05) is 0 Å². The van der Waals surface area contributed by atoms with Gasteiger partial charge in [0, 0.05) is 41.8 Å². The minimum Gasteiger partial charge on any atom is -0.400 e. The molecule has 1 saturated carbocycles. The number of nitrogens with zero attached hydrogens (tertiary/aromatic N) is 4. The second kappa shape index (κ2) is 7.50. The molecule has 30 heavy (non-hydrogen) atoms. The Morgan fingerprint density at radius 3 is 2.80 bits per heavy atom. The van der Waals surface area contributed by atoms with E-state index >= 15 is 0 Å². The molecule has 4 heterocycles. The molecule has 0 aliphatic heterocycles. The van der Waals surface area contributed by atoms with Gasteiger partial charge < -0.3 is 15.0 Å². The van der Waals surface area contributed by atoms with Crippen molar-refractivity contribution >= 4 is 46.0 Å². The molecule has 0 amide bonds. The van der Waals surface area contributed by atoms with Crippen molar-refractivity contribution in [2.45, 2.75) is 43.1 Å². The van der Waals surface area contributed by atoms with Crippen LogP contribution in [0.5, 0.6) is 0 Å². The number of pyridine rings is 1. The molecule has 10 heteroatoms. The summed E-state index contributed by atoms with van der Waals surface area (Å²) in [7, 11) is 16.6. The van der Waals surface area contributed by atoms with E-state index in [9.17, 15) is 0 Å². The molecule has 0 spiro atoms. The molecule has 144 valence electrons. The van der Waals surface area contributed by atoms with Gasteiger partial charge in [0.25, 0.3) is 0 Å². The van der Waals surface area contributed by atoms with Crippen molar-refractivity contribution < 1.29 is 4.74 Å². The number of fused-ring (bicyclic) bond motifs is 2. The van der Waals surface area contributed by atoms with Crippen LogP contribution >= 0.6 is 0 Å². The SMILES string of the molecule is [B]C([B])([B])OC1CCC(Nc2ncc3c(-c4ccn5nccc5c4)c[nH]c3n2)CC1. The number of aromatic nitrogens is 5. The normalized spacial score (nSPS) is 20.0. The third-order valence-electron chi connectivity index (χ3n) is 5.52. The van der Waals surface area contributed by atoms with Gasteiger partial charge in [-0.3, -0.25) is 0 Å². The lowest BCUT2D eigenvalue weighted by atomic mass is 9.52. The largest absolute Gasteiger partial charge is 0.400 e. The number of aromatic amines is 1. The monoisotopic (exact) mass is 392 g/mol. The summed E-state index contributed by atoms with van der Waals surface area (Å²) < 4.78 is 7.30. The maximum Gasteiger partial charge on any atom is 0.224 e. The molecule has 7 nitrogen and oxygen atoms in total. The smallest absolute Gasteiger partial charge is 0.224 e. The van der Waals surface area contributed by atoms with Crippen molar-refractivity contribution in [3.05, 3.63) is 43.0 Å². The lowest BCUT2D eigenvalue weighted by molar-refractivity contribution is 0.0202. The first-order valence-corrected chi connectivity index (χ1v) is 10.0. The van der Waals surface area contributed by atoms with E-state index in [1.54, 1.807) is 6.20 Å². The molecule has 4 aromatic rings. The fourth-order valence-electron chi connectivity index (χ4n) is 4.10. The number of nitrogens with one attached hydrogen (secondary N) is 2. The Balaban J connectivity index is 1.29. The van der Waals surface area contributed by atoms with Crippen LogP contribution in [-0.2, 0) is 4.74 Å². The molecule has 1 aliphatic carbocycles. The van der Waals surface area contributed by atoms with Crippen LogP contribution in [0.1, 0.15) is 25.7 Å². The van der Waals surface area contributed by atoms with Crippen molar-refractivity contribution in [2.75, 3.05) is 5.32 Å². The minimum absolute atomic E-state index is 0.0226. The van der Waals surface area contributed by atoms with E-state index in [-0.39, 0.29) is 12.1 Å². The summed E-state index contributed by atoms with van der Waals surface area (Å²) in [4.78, 5) is 12.5. The van der Waals surface area contributed by atoms with Crippen LogP contribution in [0.3, 0.4) is 0 Å². The first kappa shape index (κ1) is 19.2. The summed E-state index contributed by atoms with van der Waals surface area (Å²) in [6.45, 7) is 0. The first-order valence-electron chi connectivity index (χ1n) is 10.0. The van der Waals surface area contributed by atoms with Crippen LogP contribution in [0.2, 0.25) is 0 Å². The van der Waals surface area contributed by atoms with E-state index in [2.05, 4.69) is 31.4 Å². The first-order chi connectivity index (χ1) is 14.4. The number of H-pyrrole nitrogens is 1. The molecular weight excluding hydrogens is 373 g/mol. The molecule has 0 unspecified atom stereocenters. The Bertz CT molecular complexity index is 1180. The zero-order valence-electron chi connectivity index (χ0n) is 16.5. The molecule has 1 fully saturated rings. The van der Waals surface area contributed by atoms with Crippen molar-refractivity contribution in [3.8, 4) is 11.1 Å². The summed E-state index contributed by atoms with van der Waals surface area (Å²) in [5, 5.41) is 7.07. The summed E-state index contributed by atoms with van der Waals surface area (Å²) in [6, 6.07) is 6.38. The lowest BCUT2D eigenvalue weighted by Crippen LogP contribution is -2.41. The van der Waals surface area contributed by atoms with E-state index < -0.39 is 5.30 Å². The number of rotatable bonds is 5. The lowest BCUT2D eigenvalue weighted by Gasteiger charge is -2.34. The zero-order chi connectivity index (χ0) is 20.7. The van der Waals surface area contributed by atoms with E-state index in [4.69, 9.17) is 28.3 Å². The molecule has 1 aliphatic rings. The maximum absolute atomic E-state index is 5.53. The van der Waals surface area contributed by atoms with Gasteiger partial charge in [0.1, 0.15) is 5.65 Å². The van der Waals surface area contributed by atoms with Crippen LogP contribution in [0.4, 0.5) is 5.95 Å². The van der Waals surface area contributed by atoms with Gasteiger partial charge in [-0.05, 0) is 54.7 Å². The van der Waals surface area contributed by atoms with E-state index in [0.717, 1.165) is 53.4 Å². The van der Waals surface area contributed by atoms with Crippen molar-refractivity contribution in [3.63, 3.8) is 0 Å². The van der Waals surface area contributed by atoms with Crippen LogP contribution in [0.15, 0.2) is 43.0 Å². The van der Waals surface area contributed by atoms with E-state index in [1.165, 1.54) is 0 Å². The van der Waals surface area contributed by atoms with E-state index in [1.807, 2.05) is 35.2 Å². The van der Waals surface area contributed by atoms with Gasteiger partial charge in [0.05, 0.1) is 35.2 Å². The topological polar surface area (TPSA) is 80.1 Å². The third kappa shape index (κ3) is 3.96. The van der Waals surface area contributed by atoms with Crippen LogP contribution < -0.4 is 5.32 Å². The number of hydrogen-bond donors (Lipinski definition) is 2. The second-order valence-corrected chi connectivity index (χ2v) is 7.86. The van der Waals surface area contributed by atoms with Crippen LogP contribution in [0, 0.1) is 0 Å². The van der Waals surface area contributed by atoms with Crippen molar-refractivity contribution in [1.82, 2.24) is 24.6 Å². The molecule has 5 rings (SSSR count). The minimum atomic E-state index is -1.58. The highest BCUT2D eigenvalue weighted by Gasteiger charge is 2.25. The Kier molecular flexibility index (Phi) is 4.81. The molecule has 0 bridgehead atoms. The molecule has 0 atom stereocenters. The average molecular weight is 392 g/mol. The Morgan fingerprint density at radius 2 is 2.00 bits per heavy atom. The highest BCUT2D eigenvalue weighted by atomic mass is 16.5. The van der Waals surface area contributed by atoms with Gasteiger partial charge in [-0.2, -0.15) is 10.1 Å². The maximum atomic E-state index is 5.53. The van der Waals surface area contributed by atoms with Gasteiger partial charge >= 0.3 is 0 Å². The summed E-state index contributed by atoms with van der Waals surface area (Å²) >= 11 is 0. The fraction of sp³-hybridized carbons (Fsp3) is 0.350. The number of hydrogen-bond acceptors (Lipinski definition) is 5. The zero-order valence-corrected chi connectivity index (χ0v) is 16.5. The quantitative estimate of drug-likeness (QED) is 0.509. The van der Waals surface area contributed by atoms with Gasteiger partial charge in [0.15, 0.2) is 0 Å². The van der Waals surface area contributed by atoms with Gasteiger partial charge in [-0.15, -0.1) is 0 Å². The predicted octanol–water partition coefficient (Wildman–Crippen LogP) is 2.13. The summed E-state index contributed by atoms with van der Waals surface area (Å²) in [5.74, 6) is 0.609. The third-order valence-corrected chi connectivity index (χ3v) is 5.52. The van der Waals surface area contributed by atoms with Crippen molar-refractivity contribution in [1.29, 1.82) is 0 Å². The molecule has 0 aromatic carbocycles. The Labute approximate surface area is 178 Å². The molecule has 4 aromatic heterocycles. The van der Waals surface area contributed by atoms with Gasteiger partial charge in [0.2, 0.25) is 5.95 Å². The molecular formula is C20H19B3N6O. The highest BCUT2D eigenvalue weighted by molar-refractivity contribution is 6.58. The highest BCUT2D eigenvalue weighted by Crippen LogP contribution is 2.29. The van der Waals surface area contributed by atoms with Gasteiger partial charge in [-0.25, -0.2) is 9.50 Å². The van der Waals surface area contributed by atoms with Crippen molar-refractivity contribution in [2.24, 2.45) is 0 Å². The fourth-order valence-corrected chi connectivity index (χ4v) is 4.10. The second-order valence-electron chi connectivity index (χ2n) is 7.86. The summed E-state index contributed by atoms with van der Waals surface area (Å²) in [5.41, 5.74) is 3.99. The molecule has 0 saturated heterocycles. The Hall–Kier alpha value is -2.74. The Morgan fingerprint density at radius 1 is 1.17 bits per heavy atom. The summed E-state index contributed by atoms with van der Waals surface area (Å²) in [6.07, 6.45) is 11.0. The molecule has 2 N–H and O–H groups in total. The predicted molar refractivity (Wildman–Crippen MR) is 119 cm³/mol. The molecule has 6 radical (unpaired) electrons. The van der Waals surface area contributed by atoms with E-state index in [0.29, 0.717) is 5.95 Å². The standard InChI is InChI=1S/C20H19B3N6O/c21-20(22,23)30-15-3-1-13(2-4-15)27-19-25-11-17-16(10-24-18(17)28-19)12-6-8-29-14(9-12)5-7-26-29/h5-11,13,15H,1-4H2,(H2,24,25,27,28). The number of anilines is 1. The number of ether oxygens (including phenoxy) is 1. The van der Waals surface area contributed by atoms with Crippen LogP contribution in [-0.4, -0.2) is 65.5 Å².